The zero-order valence-electron chi connectivity index (χ0n) is 19.1. The van der Waals surface area contributed by atoms with E-state index in [-0.39, 0.29) is 5.91 Å². The monoisotopic (exact) mass is 420 g/mol. The predicted octanol–water partition coefficient (Wildman–Crippen LogP) is 4.47. The van der Waals surface area contributed by atoms with Crippen molar-refractivity contribution in [2.75, 3.05) is 32.7 Å². The summed E-state index contributed by atoms with van der Waals surface area (Å²) in [7, 11) is 0. The summed E-state index contributed by atoms with van der Waals surface area (Å²) < 4.78 is 0. The molecule has 1 amide bonds. The molecule has 0 bridgehead atoms. The summed E-state index contributed by atoms with van der Waals surface area (Å²) in [5.74, 6) is 2.23. The van der Waals surface area contributed by atoms with Crippen LogP contribution in [0.4, 0.5) is 0 Å². The first-order valence-electron chi connectivity index (χ1n) is 12.3. The zero-order chi connectivity index (χ0) is 21.4. The van der Waals surface area contributed by atoms with Gasteiger partial charge in [0.15, 0.2) is 0 Å². The van der Waals surface area contributed by atoms with E-state index in [0.29, 0.717) is 18.4 Å². The standard InChI is InChI=1S/C26H36N4O/c1-19-9-6-7-11-21(19)16-28-14-12-24-23(18-28)25(31)30(26-27-13-15-29(24)26)17-22-10-5-3-4-8-20(22)2/h3,5,10,16,19-20H,4,6-9,11-15,17-18H2,1-2H3/b21-16+. The van der Waals surface area contributed by atoms with Crippen LogP contribution in [0.5, 0.6) is 0 Å². The molecule has 2 aliphatic carbocycles. The van der Waals surface area contributed by atoms with E-state index in [4.69, 9.17) is 4.99 Å². The third-order valence-electron chi connectivity index (χ3n) is 7.75. The van der Waals surface area contributed by atoms with Gasteiger partial charge in [-0.3, -0.25) is 14.7 Å². The molecular formula is C26H36N4O. The van der Waals surface area contributed by atoms with E-state index in [1.807, 2.05) is 4.90 Å². The van der Waals surface area contributed by atoms with Crippen molar-refractivity contribution < 1.29 is 4.79 Å². The minimum absolute atomic E-state index is 0.174. The first kappa shape index (κ1) is 20.6. The second-order valence-corrected chi connectivity index (χ2v) is 9.87. The van der Waals surface area contributed by atoms with Crippen LogP contribution in [0.1, 0.15) is 58.8 Å². The van der Waals surface area contributed by atoms with Crippen LogP contribution in [-0.2, 0) is 4.79 Å². The minimum Gasteiger partial charge on any atom is -0.372 e. The molecule has 0 aromatic heterocycles. The van der Waals surface area contributed by atoms with Gasteiger partial charge < -0.3 is 9.80 Å². The number of carbonyl (C=O) groups is 1. The largest absolute Gasteiger partial charge is 0.372 e. The van der Waals surface area contributed by atoms with Crippen LogP contribution in [0, 0.1) is 11.8 Å². The highest BCUT2D eigenvalue weighted by atomic mass is 16.2. The summed E-state index contributed by atoms with van der Waals surface area (Å²) in [6.45, 7) is 8.73. The van der Waals surface area contributed by atoms with Gasteiger partial charge in [-0.25, -0.2) is 0 Å². The first-order valence-corrected chi connectivity index (χ1v) is 12.3. The molecule has 3 aliphatic heterocycles. The molecule has 31 heavy (non-hydrogen) atoms. The fraction of sp³-hybridized carbons (Fsp3) is 0.615. The molecule has 0 spiro atoms. The number of aliphatic imine (C=N–C) groups is 1. The molecule has 0 N–H and O–H groups in total. The van der Waals surface area contributed by atoms with Crippen LogP contribution in [0.3, 0.4) is 0 Å². The smallest absolute Gasteiger partial charge is 0.260 e. The lowest BCUT2D eigenvalue weighted by atomic mass is 9.86. The number of hydrogen-bond donors (Lipinski definition) is 0. The molecular weight excluding hydrogens is 384 g/mol. The normalized spacial score (nSPS) is 30.3. The molecule has 5 heteroatoms. The molecule has 1 saturated carbocycles. The van der Waals surface area contributed by atoms with Gasteiger partial charge in [-0.1, -0.05) is 44.1 Å². The highest BCUT2D eigenvalue weighted by molar-refractivity contribution is 6.10. The summed E-state index contributed by atoms with van der Waals surface area (Å²) in [5, 5.41) is 0. The van der Waals surface area contributed by atoms with Crippen molar-refractivity contribution in [1.82, 2.24) is 14.7 Å². The summed E-state index contributed by atoms with van der Waals surface area (Å²) in [6, 6.07) is 0. The Morgan fingerprint density at radius 3 is 2.90 bits per heavy atom. The van der Waals surface area contributed by atoms with Crippen LogP contribution < -0.4 is 0 Å². The SMILES string of the molecule is CC1CCC=CC=C1CN1C(=O)C2=C(CCN(/C=C3\CCCCC3C)C2)N2CCN=C12. The van der Waals surface area contributed by atoms with E-state index in [9.17, 15) is 4.79 Å². The van der Waals surface area contributed by atoms with Crippen LogP contribution in [0.15, 0.2) is 51.8 Å². The molecule has 3 heterocycles. The van der Waals surface area contributed by atoms with Crippen LogP contribution in [-0.4, -0.2) is 59.3 Å². The fourth-order valence-electron chi connectivity index (χ4n) is 5.70. The van der Waals surface area contributed by atoms with E-state index in [2.05, 4.69) is 48.1 Å². The predicted molar refractivity (Wildman–Crippen MR) is 125 cm³/mol. The topological polar surface area (TPSA) is 39.2 Å². The molecule has 2 unspecified atom stereocenters. The minimum atomic E-state index is 0.174. The van der Waals surface area contributed by atoms with Crippen molar-refractivity contribution in [1.29, 1.82) is 0 Å². The van der Waals surface area contributed by atoms with Crippen molar-refractivity contribution >= 4 is 11.9 Å². The number of allylic oxidation sites excluding steroid dienone is 4. The molecule has 0 aromatic rings. The maximum absolute atomic E-state index is 13.7. The van der Waals surface area contributed by atoms with Crippen LogP contribution in [0.2, 0.25) is 0 Å². The van der Waals surface area contributed by atoms with Gasteiger partial charge in [0.2, 0.25) is 5.96 Å². The van der Waals surface area contributed by atoms with Gasteiger partial charge in [0.25, 0.3) is 5.91 Å². The van der Waals surface area contributed by atoms with Gasteiger partial charge in [0, 0.05) is 31.8 Å². The molecule has 2 atom stereocenters. The second-order valence-electron chi connectivity index (χ2n) is 9.87. The van der Waals surface area contributed by atoms with Gasteiger partial charge in [-0.05, 0) is 55.7 Å². The average molecular weight is 421 g/mol. The van der Waals surface area contributed by atoms with Crippen molar-refractivity contribution in [2.24, 2.45) is 16.8 Å². The molecule has 166 valence electrons. The number of carbonyl (C=O) groups excluding carboxylic acids is 1. The van der Waals surface area contributed by atoms with Gasteiger partial charge in [0.1, 0.15) is 0 Å². The number of guanidine groups is 1. The average Bonchev–Trinajstić information content (AvgIpc) is 3.17. The quantitative estimate of drug-likeness (QED) is 0.676. The van der Waals surface area contributed by atoms with Crippen molar-refractivity contribution in [2.45, 2.75) is 58.8 Å². The van der Waals surface area contributed by atoms with Crippen LogP contribution in [0.25, 0.3) is 0 Å². The highest BCUT2D eigenvalue weighted by Gasteiger charge is 2.41. The molecule has 0 saturated heterocycles. The van der Waals surface area contributed by atoms with E-state index in [1.165, 1.54) is 37.0 Å². The Hall–Kier alpha value is -2.30. The fourth-order valence-corrected chi connectivity index (χ4v) is 5.70. The van der Waals surface area contributed by atoms with Crippen LogP contribution >= 0.6 is 0 Å². The van der Waals surface area contributed by atoms with Gasteiger partial charge >= 0.3 is 0 Å². The third kappa shape index (κ3) is 3.99. The summed E-state index contributed by atoms with van der Waals surface area (Å²) in [5.41, 5.74) is 5.13. The van der Waals surface area contributed by atoms with E-state index < -0.39 is 0 Å². The lowest BCUT2D eigenvalue weighted by Crippen LogP contribution is -2.54. The Bertz CT molecular complexity index is 893. The molecule has 5 rings (SSSR count). The van der Waals surface area contributed by atoms with Gasteiger partial charge in [-0.15, -0.1) is 0 Å². The number of hydrogen-bond acceptors (Lipinski definition) is 4. The highest BCUT2D eigenvalue weighted by Crippen LogP contribution is 2.34. The molecule has 0 aromatic carbocycles. The van der Waals surface area contributed by atoms with E-state index in [0.717, 1.165) is 57.0 Å². The first-order chi connectivity index (χ1) is 15.1. The summed E-state index contributed by atoms with van der Waals surface area (Å²) in [6.07, 6.45) is 17.4. The van der Waals surface area contributed by atoms with Crippen molar-refractivity contribution in [3.05, 3.63) is 46.8 Å². The number of fused-ring (bicyclic) bond motifs is 2. The Balaban J connectivity index is 1.40. The summed E-state index contributed by atoms with van der Waals surface area (Å²) >= 11 is 0. The Morgan fingerprint density at radius 1 is 1.13 bits per heavy atom. The van der Waals surface area contributed by atoms with E-state index >= 15 is 0 Å². The Labute approximate surface area is 186 Å². The molecule has 5 nitrogen and oxygen atoms in total. The van der Waals surface area contributed by atoms with Gasteiger partial charge in [0.05, 0.1) is 18.7 Å². The maximum Gasteiger partial charge on any atom is 0.260 e. The third-order valence-corrected chi connectivity index (χ3v) is 7.75. The second kappa shape index (κ2) is 8.68. The van der Waals surface area contributed by atoms with Crippen molar-refractivity contribution in [3.8, 4) is 0 Å². The molecule has 0 radical (unpaired) electrons. The lowest BCUT2D eigenvalue weighted by molar-refractivity contribution is -0.124. The molecule has 1 fully saturated rings. The Morgan fingerprint density at radius 2 is 2.03 bits per heavy atom. The van der Waals surface area contributed by atoms with E-state index in [1.54, 1.807) is 5.57 Å². The number of nitrogens with zero attached hydrogens (tertiary/aromatic N) is 4. The molecule has 5 aliphatic rings. The number of amides is 1. The van der Waals surface area contributed by atoms with Gasteiger partial charge in [-0.2, -0.15) is 0 Å². The lowest BCUT2D eigenvalue weighted by Gasteiger charge is -2.42. The van der Waals surface area contributed by atoms with Crippen molar-refractivity contribution in [3.63, 3.8) is 0 Å². The Kier molecular flexibility index (Phi) is 5.77. The summed E-state index contributed by atoms with van der Waals surface area (Å²) in [4.78, 5) is 25.2. The number of rotatable bonds is 3. The maximum atomic E-state index is 13.7. The zero-order valence-corrected chi connectivity index (χ0v) is 19.1.